The standard InChI is InChI=1S/C28H42N2O3/c1-5-7-8-9-10-11-12-24-14-16-25(17-15-24)28-29-19-26(20-30-28)32-21-23(4)33-27(31)18-13-22(3)6-2/h14-17,19-20,22-23H,5-13,18,21H2,1-4H3. The average Bonchev–Trinajstić information content (AvgIpc) is 2.84. The lowest BCUT2D eigenvalue weighted by Crippen LogP contribution is -2.22. The van der Waals surface area contributed by atoms with Gasteiger partial charge in [-0.1, -0.05) is 83.6 Å². The fourth-order valence-corrected chi connectivity index (χ4v) is 3.57. The monoisotopic (exact) mass is 454 g/mol. The summed E-state index contributed by atoms with van der Waals surface area (Å²) in [7, 11) is 0. The van der Waals surface area contributed by atoms with Gasteiger partial charge in [0.2, 0.25) is 0 Å². The van der Waals surface area contributed by atoms with Crippen LogP contribution in [0, 0.1) is 5.92 Å². The molecule has 1 heterocycles. The van der Waals surface area contributed by atoms with Gasteiger partial charge in [0.1, 0.15) is 12.7 Å². The van der Waals surface area contributed by atoms with Crippen molar-refractivity contribution < 1.29 is 14.3 Å². The molecule has 0 aliphatic rings. The van der Waals surface area contributed by atoms with Crippen LogP contribution >= 0.6 is 0 Å². The van der Waals surface area contributed by atoms with E-state index in [1.165, 1.54) is 44.1 Å². The van der Waals surface area contributed by atoms with Crippen molar-refractivity contribution in [3.63, 3.8) is 0 Å². The number of hydrogen-bond acceptors (Lipinski definition) is 5. The molecule has 2 rings (SSSR count). The van der Waals surface area contributed by atoms with E-state index < -0.39 is 0 Å². The molecule has 2 atom stereocenters. The Labute approximate surface area is 200 Å². The first-order chi connectivity index (χ1) is 16.0. The SMILES string of the molecule is CCCCCCCCc1ccc(-c2ncc(OCC(C)OC(=O)CCC(C)CC)cn2)cc1. The molecule has 33 heavy (non-hydrogen) atoms. The van der Waals surface area contributed by atoms with Crippen LogP contribution in [0.1, 0.15) is 91.0 Å². The number of carbonyl (C=O) groups is 1. The quantitative estimate of drug-likeness (QED) is 0.198. The number of esters is 1. The minimum absolute atomic E-state index is 0.169. The molecular weight excluding hydrogens is 412 g/mol. The van der Waals surface area contributed by atoms with Crippen LogP contribution in [0.25, 0.3) is 11.4 Å². The average molecular weight is 455 g/mol. The van der Waals surface area contributed by atoms with Crippen LogP contribution < -0.4 is 4.74 Å². The number of rotatable bonds is 16. The minimum Gasteiger partial charge on any atom is -0.486 e. The number of aromatic nitrogens is 2. The second-order valence-electron chi connectivity index (χ2n) is 9.12. The fourth-order valence-electron chi connectivity index (χ4n) is 3.57. The van der Waals surface area contributed by atoms with Crippen LogP contribution in [-0.4, -0.2) is 28.6 Å². The van der Waals surface area contributed by atoms with Crippen LogP contribution in [0.3, 0.4) is 0 Å². The van der Waals surface area contributed by atoms with Gasteiger partial charge in [0, 0.05) is 12.0 Å². The van der Waals surface area contributed by atoms with Gasteiger partial charge in [-0.05, 0) is 37.7 Å². The third-order valence-corrected chi connectivity index (χ3v) is 6.01. The number of benzene rings is 1. The molecule has 0 saturated heterocycles. The van der Waals surface area contributed by atoms with E-state index in [1.807, 2.05) is 6.92 Å². The highest BCUT2D eigenvalue weighted by molar-refractivity contribution is 5.69. The zero-order valence-electron chi connectivity index (χ0n) is 21.0. The summed E-state index contributed by atoms with van der Waals surface area (Å²) in [6.07, 6.45) is 14.4. The van der Waals surface area contributed by atoms with E-state index in [1.54, 1.807) is 12.4 Å². The van der Waals surface area contributed by atoms with E-state index in [0.29, 0.717) is 23.9 Å². The van der Waals surface area contributed by atoms with Crippen molar-refractivity contribution in [3.8, 4) is 17.1 Å². The Kier molecular flexibility index (Phi) is 12.5. The summed E-state index contributed by atoms with van der Waals surface area (Å²) >= 11 is 0. The van der Waals surface area contributed by atoms with E-state index in [-0.39, 0.29) is 18.7 Å². The Balaban J connectivity index is 1.73. The van der Waals surface area contributed by atoms with Crippen LogP contribution in [0.15, 0.2) is 36.7 Å². The first kappa shape index (κ1) is 26.8. The molecule has 0 amide bonds. The molecule has 2 aromatic rings. The number of hydrogen-bond donors (Lipinski definition) is 0. The Bertz CT molecular complexity index is 790. The Morgan fingerprint density at radius 2 is 1.61 bits per heavy atom. The molecule has 0 aliphatic heterocycles. The first-order valence-electron chi connectivity index (χ1n) is 12.7. The van der Waals surface area contributed by atoms with Gasteiger partial charge in [-0.2, -0.15) is 0 Å². The lowest BCUT2D eigenvalue weighted by Gasteiger charge is -2.15. The molecule has 0 saturated carbocycles. The molecule has 5 heteroatoms. The summed E-state index contributed by atoms with van der Waals surface area (Å²) in [5.41, 5.74) is 2.36. The lowest BCUT2D eigenvalue weighted by atomic mass is 10.0. The third-order valence-electron chi connectivity index (χ3n) is 6.01. The predicted molar refractivity (Wildman–Crippen MR) is 134 cm³/mol. The summed E-state index contributed by atoms with van der Waals surface area (Å²) in [6, 6.07) is 8.52. The second kappa shape index (κ2) is 15.4. The van der Waals surface area contributed by atoms with Crippen LogP contribution in [0.4, 0.5) is 0 Å². The van der Waals surface area contributed by atoms with Crippen molar-refractivity contribution in [2.75, 3.05) is 6.61 Å². The maximum Gasteiger partial charge on any atom is 0.306 e. The summed E-state index contributed by atoms with van der Waals surface area (Å²) in [5.74, 6) is 1.62. The minimum atomic E-state index is -0.312. The first-order valence-corrected chi connectivity index (χ1v) is 12.7. The molecule has 0 fully saturated rings. The summed E-state index contributed by atoms with van der Waals surface area (Å²) in [4.78, 5) is 20.8. The molecule has 0 aliphatic carbocycles. The van der Waals surface area contributed by atoms with Gasteiger partial charge < -0.3 is 9.47 Å². The maximum atomic E-state index is 11.9. The third kappa shape index (κ3) is 10.8. The van der Waals surface area contributed by atoms with Crippen molar-refractivity contribution in [1.29, 1.82) is 0 Å². The van der Waals surface area contributed by atoms with E-state index in [9.17, 15) is 4.79 Å². The van der Waals surface area contributed by atoms with Gasteiger partial charge in [0.05, 0.1) is 12.4 Å². The number of unbranched alkanes of at least 4 members (excludes halogenated alkanes) is 5. The van der Waals surface area contributed by atoms with Gasteiger partial charge in [0.15, 0.2) is 11.6 Å². The summed E-state index contributed by atoms with van der Waals surface area (Å²) < 4.78 is 11.1. The predicted octanol–water partition coefficient (Wildman–Crippen LogP) is 7.18. The van der Waals surface area contributed by atoms with Gasteiger partial charge in [-0.3, -0.25) is 4.79 Å². The van der Waals surface area contributed by atoms with Crippen molar-refractivity contribution >= 4 is 5.97 Å². The highest BCUT2D eigenvalue weighted by Gasteiger charge is 2.12. The fraction of sp³-hybridized carbons (Fsp3) is 0.607. The van der Waals surface area contributed by atoms with Crippen molar-refractivity contribution in [1.82, 2.24) is 9.97 Å². The summed E-state index contributed by atoms with van der Waals surface area (Å²) in [6.45, 7) is 8.65. The Hall–Kier alpha value is -2.43. The molecule has 1 aromatic heterocycles. The molecule has 1 aromatic carbocycles. The molecule has 0 radical (unpaired) electrons. The van der Waals surface area contributed by atoms with Gasteiger partial charge in [0.25, 0.3) is 0 Å². The van der Waals surface area contributed by atoms with Crippen molar-refractivity contribution in [2.45, 2.75) is 98.0 Å². The number of nitrogens with zero attached hydrogens (tertiary/aromatic N) is 2. The van der Waals surface area contributed by atoms with E-state index in [4.69, 9.17) is 9.47 Å². The Morgan fingerprint density at radius 1 is 0.939 bits per heavy atom. The van der Waals surface area contributed by atoms with E-state index in [2.05, 4.69) is 55.0 Å². The van der Waals surface area contributed by atoms with Crippen molar-refractivity contribution in [2.24, 2.45) is 5.92 Å². The van der Waals surface area contributed by atoms with Crippen LogP contribution in [0.2, 0.25) is 0 Å². The normalized spacial score (nSPS) is 12.8. The second-order valence-corrected chi connectivity index (χ2v) is 9.12. The van der Waals surface area contributed by atoms with E-state index in [0.717, 1.165) is 24.8 Å². The van der Waals surface area contributed by atoms with Crippen LogP contribution in [-0.2, 0) is 16.0 Å². The Morgan fingerprint density at radius 3 is 2.27 bits per heavy atom. The smallest absolute Gasteiger partial charge is 0.306 e. The molecule has 2 unspecified atom stereocenters. The molecule has 0 N–H and O–H groups in total. The molecule has 182 valence electrons. The van der Waals surface area contributed by atoms with Crippen LogP contribution in [0.5, 0.6) is 5.75 Å². The molecule has 0 bridgehead atoms. The van der Waals surface area contributed by atoms with Gasteiger partial charge >= 0.3 is 5.97 Å². The van der Waals surface area contributed by atoms with Gasteiger partial charge in [-0.15, -0.1) is 0 Å². The van der Waals surface area contributed by atoms with Crippen molar-refractivity contribution in [3.05, 3.63) is 42.2 Å². The molecule has 0 spiro atoms. The molecule has 5 nitrogen and oxygen atoms in total. The highest BCUT2D eigenvalue weighted by atomic mass is 16.6. The number of carbonyl (C=O) groups excluding carboxylic acids is 1. The zero-order valence-corrected chi connectivity index (χ0v) is 21.0. The largest absolute Gasteiger partial charge is 0.486 e. The highest BCUT2D eigenvalue weighted by Crippen LogP contribution is 2.19. The van der Waals surface area contributed by atoms with Gasteiger partial charge in [-0.25, -0.2) is 9.97 Å². The number of ether oxygens (including phenoxy) is 2. The number of aryl methyl sites for hydroxylation is 1. The lowest BCUT2D eigenvalue weighted by molar-refractivity contribution is -0.149. The van der Waals surface area contributed by atoms with E-state index >= 15 is 0 Å². The summed E-state index contributed by atoms with van der Waals surface area (Å²) in [5, 5.41) is 0. The topological polar surface area (TPSA) is 61.3 Å². The maximum absolute atomic E-state index is 11.9. The molecular formula is C28H42N2O3. The zero-order chi connectivity index (χ0) is 23.9.